The number of carbonyl (C=O) groups excluding carboxylic acids is 2. The molecule has 0 spiro atoms. The number of rotatable bonds is 10. The number of nitrogens with zero attached hydrogens (tertiary/aromatic N) is 1. The largest absolute Gasteiger partial charge is 0.493 e. The van der Waals surface area contributed by atoms with Gasteiger partial charge in [-0.3, -0.25) is 14.5 Å². The van der Waals surface area contributed by atoms with Crippen molar-refractivity contribution in [2.75, 3.05) is 34.5 Å². The molecule has 33 heavy (non-hydrogen) atoms. The number of hydrogen-bond donors (Lipinski definition) is 1. The van der Waals surface area contributed by atoms with Gasteiger partial charge in [0.25, 0.3) is 11.8 Å². The molecule has 1 aliphatic rings. The van der Waals surface area contributed by atoms with Gasteiger partial charge in [0, 0.05) is 6.54 Å². The van der Waals surface area contributed by atoms with Crippen LogP contribution in [-0.4, -0.2) is 55.5 Å². The second-order valence-corrected chi connectivity index (χ2v) is 8.61. The number of methoxy groups -OCH3 is 3. The standard InChI is InChI=1S/C23H24N2O6S2/c1-28-16-6-4-14(10-18(16)29-2)8-9-25-22(27)20(33-23(25)32)12-15-5-7-17(19(11-15)30-3)31-13-21(24)26/h4-7,10-12H,8-9,13H2,1-3H3,(H2,24,26)/b20-12-. The molecule has 10 heteroatoms. The molecule has 0 atom stereocenters. The Morgan fingerprint density at radius 3 is 2.36 bits per heavy atom. The third-order valence-electron chi connectivity index (χ3n) is 4.80. The van der Waals surface area contributed by atoms with E-state index in [4.69, 9.17) is 36.9 Å². The molecule has 0 aliphatic carbocycles. The number of hydrogen-bond acceptors (Lipinski definition) is 8. The Balaban J connectivity index is 1.71. The van der Waals surface area contributed by atoms with E-state index in [1.807, 2.05) is 18.2 Å². The van der Waals surface area contributed by atoms with E-state index in [9.17, 15) is 9.59 Å². The molecule has 1 heterocycles. The van der Waals surface area contributed by atoms with Crippen molar-refractivity contribution in [3.05, 3.63) is 52.4 Å². The zero-order valence-corrected chi connectivity index (χ0v) is 20.1. The van der Waals surface area contributed by atoms with E-state index in [1.165, 1.54) is 18.9 Å². The van der Waals surface area contributed by atoms with Crippen LogP contribution >= 0.6 is 24.0 Å². The van der Waals surface area contributed by atoms with Crippen molar-refractivity contribution in [2.45, 2.75) is 6.42 Å². The van der Waals surface area contributed by atoms with Crippen molar-refractivity contribution < 1.29 is 28.5 Å². The van der Waals surface area contributed by atoms with E-state index in [0.717, 1.165) is 11.1 Å². The Morgan fingerprint density at radius 2 is 1.70 bits per heavy atom. The summed E-state index contributed by atoms with van der Waals surface area (Å²) in [6, 6.07) is 10.8. The molecule has 3 rings (SSSR count). The van der Waals surface area contributed by atoms with Crippen molar-refractivity contribution in [2.24, 2.45) is 5.73 Å². The Kier molecular flexibility index (Phi) is 8.18. The van der Waals surface area contributed by atoms with E-state index in [0.29, 0.717) is 45.2 Å². The van der Waals surface area contributed by atoms with Crippen LogP contribution in [0.15, 0.2) is 41.3 Å². The molecule has 1 saturated heterocycles. The van der Waals surface area contributed by atoms with Crippen molar-refractivity contribution in [3.63, 3.8) is 0 Å². The maximum Gasteiger partial charge on any atom is 0.266 e. The molecule has 1 aliphatic heterocycles. The van der Waals surface area contributed by atoms with E-state index in [2.05, 4.69) is 0 Å². The first-order valence-corrected chi connectivity index (χ1v) is 11.1. The summed E-state index contributed by atoms with van der Waals surface area (Å²) >= 11 is 6.69. The molecule has 174 valence electrons. The quantitative estimate of drug-likeness (QED) is 0.402. The molecule has 0 bridgehead atoms. The lowest BCUT2D eigenvalue weighted by molar-refractivity contribution is -0.122. The van der Waals surface area contributed by atoms with Crippen LogP contribution in [0.1, 0.15) is 11.1 Å². The molecular formula is C23H24N2O6S2. The molecular weight excluding hydrogens is 464 g/mol. The monoisotopic (exact) mass is 488 g/mol. The van der Waals surface area contributed by atoms with Gasteiger partial charge < -0.3 is 24.7 Å². The second-order valence-electron chi connectivity index (χ2n) is 6.94. The summed E-state index contributed by atoms with van der Waals surface area (Å²) in [5.41, 5.74) is 6.85. The highest BCUT2D eigenvalue weighted by Crippen LogP contribution is 2.35. The van der Waals surface area contributed by atoms with Crippen LogP contribution in [0.5, 0.6) is 23.0 Å². The summed E-state index contributed by atoms with van der Waals surface area (Å²) in [7, 11) is 4.66. The lowest BCUT2D eigenvalue weighted by Gasteiger charge is -2.15. The molecule has 2 N–H and O–H groups in total. The average molecular weight is 489 g/mol. The summed E-state index contributed by atoms with van der Waals surface area (Å²) in [6.45, 7) is 0.190. The first-order valence-electron chi connectivity index (χ1n) is 9.91. The fourth-order valence-corrected chi connectivity index (χ4v) is 4.47. The molecule has 0 saturated carbocycles. The number of primary amides is 1. The van der Waals surface area contributed by atoms with Crippen LogP contribution in [0, 0.1) is 0 Å². The number of benzene rings is 2. The lowest BCUT2D eigenvalue weighted by Crippen LogP contribution is -2.30. The third-order valence-corrected chi connectivity index (χ3v) is 6.18. The van der Waals surface area contributed by atoms with Crippen molar-refractivity contribution >= 4 is 46.2 Å². The summed E-state index contributed by atoms with van der Waals surface area (Å²) in [4.78, 5) is 26.0. The van der Waals surface area contributed by atoms with Crippen LogP contribution in [0.4, 0.5) is 0 Å². The van der Waals surface area contributed by atoms with Gasteiger partial charge in [-0.1, -0.05) is 36.1 Å². The normalized spacial score (nSPS) is 14.5. The average Bonchev–Trinajstić information content (AvgIpc) is 3.08. The Morgan fingerprint density at radius 1 is 1.03 bits per heavy atom. The van der Waals surface area contributed by atoms with Gasteiger partial charge in [0.05, 0.1) is 26.2 Å². The van der Waals surface area contributed by atoms with Gasteiger partial charge in [0.15, 0.2) is 29.6 Å². The molecule has 2 aromatic carbocycles. The van der Waals surface area contributed by atoms with E-state index < -0.39 is 5.91 Å². The molecule has 8 nitrogen and oxygen atoms in total. The van der Waals surface area contributed by atoms with Crippen LogP contribution in [0.25, 0.3) is 6.08 Å². The Labute approximate surface area is 201 Å². The number of thioether (sulfide) groups is 1. The van der Waals surface area contributed by atoms with Gasteiger partial charge in [-0.15, -0.1) is 0 Å². The van der Waals surface area contributed by atoms with Gasteiger partial charge >= 0.3 is 0 Å². The fraction of sp³-hybridized carbons (Fsp3) is 0.261. The zero-order valence-electron chi connectivity index (χ0n) is 18.5. The van der Waals surface area contributed by atoms with Gasteiger partial charge in [0.2, 0.25) is 0 Å². The highest BCUT2D eigenvalue weighted by Gasteiger charge is 2.31. The molecule has 0 aromatic heterocycles. The molecule has 0 unspecified atom stereocenters. The predicted octanol–water partition coefficient (Wildman–Crippen LogP) is 3.02. The molecule has 1 fully saturated rings. The fourth-order valence-electron chi connectivity index (χ4n) is 3.16. The Bertz CT molecular complexity index is 1100. The maximum atomic E-state index is 13.0. The van der Waals surface area contributed by atoms with Crippen molar-refractivity contribution in [3.8, 4) is 23.0 Å². The van der Waals surface area contributed by atoms with Crippen LogP contribution < -0.4 is 24.7 Å². The molecule has 2 aromatic rings. The van der Waals surface area contributed by atoms with Crippen LogP contribution in [0.2, 0.25) is 0 Å². The summed E-state index contributed by atoms with van der Waals surface area (Å²) in [5, 5.41) is 0. The maximum absolute atomic E-state index is 13.0. The summed E-state index contributed by atoms with van der Waals surface area (Å²) < 4.78 is 21.8. The summed E-state index contributed by atoms with van der Waals surface area (Å²) in [5.74, 6) is 1.36. The number of carbonyl (C=O) groups is 2. The van der Waals surface area contributed by atoms with Gasteiger partial charge in [-0.05, 0) is 47.9 Å². The first-order chi connectivity index (χ1) is 15.9. The van der Waals surface area contributed by atoms with Crippen molar-refractivity contribution in [1.29, 1.82) is 0 Å². The van der Waals surface area contributed by atoms with E-state index in [1.54, 1.807) is 43.4 Å². The third kappa shape index (κ3) is 5.96. The smallest absolute Gasteiger partial charge is 0.266 e. The molecule has 2 amide bonds. The van der Waals surface area contributed by atoms with Crippen LogP contribution in [0.3, 0.4) is 0 Å². The predicted molar refractivity (Wildman–Crippen MR) is 131 cm³/mol. The number of ether oxygens (including phenoxy) is 4. The van der Waals surface area contributed by atoms with Gasteiger partial charge in [-0.2, -0.15) is 0 Å². The van der Waals surface area contributed by atoms with E-state index in [-0.39, 0.29) is 12.5 Å². The highest BCUT2D eigenvalue weighted by atomic mass is 32.2. The Hall–Kier alpha value is -3.24. The van der Waals surface area contributed by atoms with E-state index >= 15 is 0 Å². The minimum atomic E-state index is -0.585. The second kappa shape index (κ2) is 11.1. The summed E-state index contributed by atoms with van der Waals surface area (Å²) in [6.07, 6.45) is 2.36. The molecule has 0 radical (unpaired) electrons. The highest BCUT2D eigenvalue weighted by molar-refractivity contribution is 8.26. The first kappa shape index (κ1) is 24.4. The van der Waals surface area contributed by atoms with Crippen molar-refractivity contribution in [1.82, 2.24) is 4.90 Å². The number of nitrogens with two attached hydrogens (primary N) is 1. The number of amides is 2. The lowest BCUT2D eigenvalue weighted by atomic mass is 10.1. The van der Waals surface area contributed by atoms with Gasteiger partial charge in [-0.25, -0.2) is 0 Å². The zero-order chi connectivity index (χ0) is 24.0. The van der Waals surface area contributed by atoms with Gasteiger partial charge in [0.1, 0.15) is 4.32 Å². The topological polar surface area (TPSA) is 100 Å². The minimum absolute atomic E-state index is 0.154. The SMILES string of the molecule is COc1ccc(CCN2C(=O)/C(=C/c3ccc(OCC(N)=O)c(OC)c3)SC2=S)cc1OC. The van der Waals surface area contributed by atoms with Crippen LogP contribution in [-0.2, 0) is 16.0 Å². The minimum Gasteiger partial charge on any atom is -0.493 e. The number of thiocarbonyl (C=S) groups is 1.